The van der Waals surface area contributed by atoms with Gasteiger partial charge >= 0.3 is 30.0 Å². The van der Waals surface area contributed by atoms with Crippen molar-refractivity contribution in [1.82, 2.24) is 0 Å². The van der Waals surface area contributed by atoms with Crippen LogP contribution in [0.5, 0.6) is 11.5 Å². The molecule has 0 aliphatic rings. The van der Waals surface area contributed by atoms with Crippen molar-refractivity contribution in [2.45, 2.75) is 78.1 Å². The van der Waals surface area contributed by atoms with E-state index < -0.39 is 57.8 Å². The lowest BCUT2D eigenvalue weighted by atomic mass is 10.00. The van der Waals surface area contributed by atoms with Gasteiger partial charge in [0.1, 0.15) is 22.8 Å². The first-order chi connectivity index (χ1) is 32.0. The molecule has 4 aromatic rings. The van der Waals surface area contributed by atoms with E-state index in [2.05, 4.69) is 41.8 Å². The number of furan rings is 1. The fraction of sp³-hybridized carbons (Fsp3) is 0.311. The molecule has 5 N–H and O–H groups in total. The standard InChI is InChI=1S/C20H32O3.C15H8Cl5NO4.C5H2Cl2O3.C5H3F3O2/c1-3-5-7-10-17-13-14-19(23-15-9-12-20(21)22)18(16-17)11-8-6-4-2;1-25-7-4-5(16)2-3-6(7)21-14(22)8-9(15(23)24)11(18)13(20)12(19)10(8)17;6-2-1-10-4(3(2)7)5(8)9;6-3(5(7)8)1-2-4(9)10/h13-14,16H,3-12,15H2,1-2H3,(H,21,22);2-4H,1H3,(H,21,22)(H,23,24);1H,(H,8,9);1-2H,(H,9,10). The number of ether oxygens (including phenoxy) is 2. The van der Waals surface area contributed by atoms with Gasteiger partial charge in [0.25, 0.3) is 5.91 Å². The zero-order valence-corrected chi connectivity index (χ0v) is 41.6. The minimum Gasteiger partial charge on any atom is -0.495 e. The van der Waals surface area contributed by atoms with Gasteiger partial charge in [-0.15, -0.1) is 0 Å². The summed E-state index contributed by atoms with van der Waals surface area (Å²) in [5.41, 5.74) is 1.93. The smallest absolute Gasteiger partial charge is 0.373 e. The van der Waals surface area contributed by atoms with Gasteiger partial charge in [-0.2, -0.15) is 8.78 Å². The van der Waals surface area contributed by atoms with E-state index in [0.29, 0.717) is 18.1 Å². The van der Waals surface area contributed by atoms with Crippen LogP contribution in [0.15, 0.2) is 71.1 Å². The molecule has 0 atom stereocenters. The highest BCUT2D eigenvalue weighted by Crippen LogP contribution is 2.42. The molecule has 0 unspecified atom stereocenters. The van der Waals surface area contributed by atoms with E-state index in [-0.39, 0.29) is 60.9 Å². The summed E-state index contributed by atoms with van der Waals surface area (Å²) in [4.78, 5) is 54.5. The lowest BCUT2D eigenvalue weighted by Crippen LogP contribution is -2.18. The fourth-order valence-corrected chi connectivity index (χ4v) is 6.83. The highest BCUT2D eigenvalue weighted by atomic mass is 35.5. The van der Waals surface area contributed by atoms with Gasteiger partial charge in [-0.1, -0.05) is 133 Å². The molecule has 4 rings (SSSR count). The first-order valence-electron chi connectivity index (χ1n) is 20.0. The highest BCUT2D eigenvalue weighted by Gasteiger charge is 2.29. The summed E-state index contributed by atoms with van der Waals surface area (Å²) in [5, 5.41) is 35.9. The number of carboxylic acid groups (broad SMARTS) is 4. The predicted molar refractivity (Wildman–Crippen MR) is 257 cm³/mol. The minimum atomic E-state index is -2.53. The maximum atomic E-state index is 12.6. The number of methoxy groups -OCH3 is 1. The molecule has 0 aliphatic heterocycles. The molecule has 1 heterocycles. The van der Waals surface area contributed by atoms with Crippen LogP contribution in [-0.2, 0) is 22.4 Å². The number of unbranched alkanes of at least 4 members (excludes halogenated alkanes) is 4. The summed E-state index contributed by atoms with van der Waals surface area (Å²) in [7, 11) is 1.38. The summed E-state index contributed by atoms with van der Waals surface area (Å²) in [6.07, 6.45) is 9.30. The van der Waals surface area contributed by atoms with Crippen LogP contribution < -0.4 is 14.8 Å². The molecule has 23 heteroatoms. The Kier molecular flexibility index (Phi) is 28.9. The Morgan fingerprint density at radius 2 is 1.29 bits per heavy atom. The largest absolute Gasteiger partial charge is 0.495 e. The number of aromatic carboxylic acids is 2. The summed E-state index contributed by atoms with van der Waals surface area (Å²) in [6, 6.07) is 11.0. The number of amides is 1. The number of allylic oxidation sites excluding steroid dienone is 2. The van der Waals surface area contributed by atoms with Crippen LogP contribution in [-0.4, -0.2) is 63.9 Å². The Balaban J connectivity index is 0.000000491. The number of halogens is 10. The molecule has 0 bridgehead atoms. The number of rotatable bonds is 20. The van der Waals surface area contributed by atoms with Crippen molar-refractivity contribution in [3.05, 3.63) is 130 Å². The molecule has 0 spiro atoms. The number of hydrogen-bond donors (Lipinski definition) is 5. The molecule has 0 saturated heterocycles. The molecular weight excluding hydrogens is 1050 g/mol. The summed E-state index contributed by atoms with van der Waals surface area (Å²) in [5.74, 6) is -6.77. The molecule has 1 amide bonds. The van der Waals surface area contributed by atoms with Crippen LogP contribution in [0.25, 0.3) is 0 Å². The topological polar surface area (TPSA) is 210 Å². The van der Waals surface area contributed by atoms with E-state index in [1.807, 2.05) is 0 Å². The summed E-state index contributed by atoms with van der Waals surface area (Å²) >= 11 is 40.4. The Bertz CT molecular complexity index is 2430. The second-order valence-electron chi connectivity index (χ2n) is 13.6. The molecular formula is C45H45Cl7F3NO12. The molecule has 0 fully saturated rings. The number of carbonyl (C=O) groups is 5. The van der Waals surface area contributed by atoms with Crippen molar-refractivity contribution in [3.63, 3.8) is 0 Å². The highest BCUT2D eigenvalue weighted by molar-refractivity contribution is 6.54. The maximum absolute atomic E-state index is 12.6. The molecule has 68 heavy (non-hydrogen) atoms. The number of anilines is 1. The van der Waals surface area contributed by atoms with Gasteiger partial charge in [0.15, 0.2) is 5.83 Å². The minimum absolute atomic E-state index is 0.0610. The zero-order valence-electron chi connectivity index (χ0n) is 36.3. The first kappa shape index (κ1) is 61.2. The number of aliphatic carboxylic acids is 2. The number of benzene rings is 3. The number of hydrogen-bond acceptors (Lipinski definition) is 8. The van der Waals surface area contributed by atoms with Crippen molar-refractivity contribution in [3.8, 4) is 11.5 Å². The fourth-order valence-electron chi connectivity index (χ4n) is 5.35. The first-order valence-corrected chi connectivity index (χ1v) is 22.6. The van der Waals surface area contributed by atoms with Crippen molar-refractivity contribution in [2.24, 2.45) is 0 Å². The van der Waals surface area contributed by atoms with E-state index in [4.69, 9.17) is 106 Å². The summed E-state index contributed by atoms with van der Waals surface area (Å²) < 4.78 is 49.4. The lowest BCUT2D eigenvalue weighted by Gasteiger charge is -2.15. The van der Waals surface area contributed by atoms with Crippen LogP contribution in [0.2, 0.25) is 35.2 Å². The third-order valence-corrected chi connectivity index (χ3v) is 11.4. The predicted octanol–water partition coefficient (Wildman–Crippen LogP) is 15.3. The molecule has 372 valence electrons. The van der Waals surface area contributed by atoms with Crippen molar-refractivity contribution in [1.29, 1.82) is 0 Å². The second kappa shape index (κ2) is 32.1. The number of carboxylic acids is 4. The van der Waals surface area contributed by atoms with Crippen LogP contribution in [0, 0.1) is 0 Å². The Labute approximate surface area is 424 Å². The van der Waals surface area contributed by atoms with E-state index >= 15 is 0 Å². The average molecular weight is 1100 g/mol. The van der Waals surface area contributed by atoms with Crippen LogP contribution in [0.4, 0.5) is 18.9 Å². The third-order valence-electron chi connectivity index (χ3n) is 8.59. The second-order valence-corrected chi connectivity index (χ2v) is 16.4. The van der Waals surface area contributed by atoms with E-state index in [9.17, 15) is 42.3 Å². The van der Waals surface area contributed by atoms with Gasteiger partial charge in [-0.25, -0.2) is 18.8 Å². The summed E-state index contributed by atoms with van der Waals surface area (Å²) in [6.45, 7) is 4.91. The van der Waals surface area contributed by atoms with Gasteiger partial charge < -0.3 is 39.6 Å². The van der Waals surface area contributed by atoms with Gasteiger partial charge in [-0.05, 0) is 67.5 Å². The van der Waals surface area contributed by atoms with Crippen LogP contribution >= 0.6 is 81.2 Å². The number of aryl methyl sites for hydroxylation is 2. The zero-order chi connectivity index (χ0) is 51.7. The van der Waals surface area contributed by atoms with Crippen molar-refractivity contribution >= 4 is 117 Å². The normalized spacial score (nSPS) is 10.4. The van der Waals surface area contributed by atoms with Crippen molar-refractivity contribution < 1.29 is 71.5 Å². The SMILES string of the molecule is CCCCCc1ccc(OCCCC(=O)O)c(CCCCC)c1.COc1cc(Cl)ccc1NC(=O)c1c(Cl)c(Cl)c(Cl)c(Cl)c1C(=O)O.O=C(O)C=CC(F)=C(F)F.O=C(O)c1occ(Cl)c1Cl. The van der Waals surface area contributed by atoms with E-state index in [1.54, 1.807) is 0 Å². The molecule has 0 aliphatic carbocycles. The van der Waals surface area contributed by atoms with Crippen molar-refractivity contribution in [2.75, 3.05) is 19.0 Å². The molecule has 3 aromatic carbocycles. The Hall–Kier alpha value is -4.81. The van der Waals surface area contributed by atoms with E-state index in [1.165, 1.54) is 75.0 Å². The van der Waals surface area contributed by atoms with Gasteiger partial charge in [-0.3, -0.25) is 9.59 Å². The third kappa shape index (κ3) is 21.2. The monoisotopic (exact) mass is 1090 g/mol. The van der Waals surface area contributed by atoms with Crippen LogP contribution in [0.1, 0.15) is 108 Å². The number of carbonyl (C=O) groups excluding carboxylic acids is 1. The average Bonchev–Trinajstić information content (AvgIpc) is 3.63. The van der Waals surface area contributed by atoms with Crippen LogP contribution in [0.3, 0.4) is 0 Å². The number of nitrogens with one attached hydrogen (secondary N) is 1. The quantitative estimate of drug-likeness (QED) is 0.0184. The molecule has 0 saturated carbocycles. The maximum Gasteiger partial charge on any atom is 0.373 e. The lowest BCUT2D eigenvalue weighted by molar-refractivity contribution is -0.137. The molecule has 0 radical (unpaired) electrons. The Morgan fingerprint density at radius 1 is 0.691 bits per heavy atom. The van der Waals surface area contributed by atoms with Gasteiger partial charge in [0.05, 0.1) is 55.6 Å². The molecule has 13 nitrogen and oxygen atoms in total. The van der Waals surface area contributed by atoms with Gasteiger partial charge in [0, 0.05) is 23.6 Å². The Morgan fingerprint density at radius 3 is 1.78 bits per heavy atom. The van der Waals surface area contributed by atoms with Gasteiger partial charge in [0.2, 0.25) is 5.76 Å². The molecule has 1 aromatic heterocycles. The van der Waals surface area contributed by atoms with E-state index in [0.717, 1.165) is 24.9 Å².